The van der Waals surface area contributed by atoms with Crippen LogP contribution < -0.4 is 10.2 Å². The lowest BCUT2D eigenvalue weighted by atomic mass is 10.2. The van der Waals surface area contributed by atoms with Crippen molar-refractivity contribution in [3.05, 3.63) is 29.8 Å². The lowest BCUT2D eigenvalue weighted by Crippen LogP contribution is -2.25. The summed E-state index contributed by atoms with van der Waals surface area (Å²) in [5.41, 5.74) is 2.04. The van der Waals surface area contributed by atoms with Gasteiger partial charge in [0, 0.05) is 32.4 Å². The number of hydrogen-bond donors (Lipinski definition) is 1. The van der Waals surface area contributed by atoms with Gasteiger partial charge in [-0.2, -0.15) is 0 Å². The molecular formula is C15H18N6OS. The molecule has 1 amide bonds. The number of nitrogens with zero attached hydrogens (tertiary/aromatic N) is 5. The predicted octanol–water partition coefficient (Wildman–Crippen LogP) is 0.536. The van der Waals surface area contributed by atoms with Crippen LogP contribution in [-0.2, 0) is 11.8 Å². The molecule has 0 aliphatic carbocycles. The highest BCUT2D eigenvalue weighted by atomic mass is 32.2. The van der Waals surface area contributed by atoms with Gasteiger partial charge in [-0.3, -0.25) is 4.79 Å². The van der Waals surface area contributed by atoms with E-state index in [1.807, 2.05) is 43.3 Å². The normalized spacial score (nSPS) is 9.87. The molecule has 0 aliphatic heterocycles. The van der Waals surface area contributed by atoms with E-state index in [9.17, 15) is 4.79 Å². The van der Waals surface area contributed by atoms with Crippen LogP contribution in [0, 0.1) is 11.8 Å². The van der Waals surface area contributed by atoms with E-state index >= 15 is 0 Å². The van der Waals surface area contributed by atoms with Gasteiger partial charge in [0.25, 0.3) is 0 Å². The van der Waals surface area contributed by atoms with Crippen molar-refractivity contribution >= 4 is 23.4 Å². The maximum absolute atomic E-state index is 11.7. The SMILES string of the molecule is CN(C)c1ccc(C#CCNC(=O)CSc2nnnn2C)cc1. The number of benzene rings is 1. The molecule has 0 bridgehead atoms. The van der Waals surface area contributed by atoms with Crippen molar-refractivity contribution < 1.29 is 4.79 Å². The largest absolute Gasteiger partial charge is 0.378 e. The van der Waals surface area contributed by atoms with Crippen molar-refractivity contribution in [1.29, 1.82) is 0 Å². The zero-order valence-electron chi connectivity index (χ0n) is 13.3. The highest BCUT2D eigenvalue weighted by molar-refractivity contribution is 7.99. The second-order valence-electron chi connectivity index (χ2n) is 4.89. The number of carbonyl (C=O) groups excluding carboxylic acids is 1. The molecule has 8 heteroatoms. The summed E-state index contributed by atoms with van der Waals surface area (Å²) < 4.78 is 1.52. The van der Waals surface area contributed by atoms with Crippen LogP contribution in [-0.4, -0.2) is 52.5 Å². The highest BCUT2D eigenvalue weighted by Crippen LogP contribution is 2.12. The van der Waals surface area contributed by atoms with E-state index in [-0.39, 0.29) is 11.7 Å². The summed E-state index contributed by atoms with van der Waals surface area (Å²) in [7, 11) is 5.71. The average molecular weight is 330 g/mol. The first kappa shape index (κ1) is 16.8. The number of anilines is 1. The first-order valence-corrected chi connectivity index (χ1v) is 7.93. The monoisotopic (exact) mass is 330 g/mol. The van der Waals surface area contributed by atoms with Crippen molar-refractivity contribution in [1.82, 2.24) is 25.5 Å². The molecule has 0 fully saturated rings. The molecule has 2 rings (SSSR count). The molecule has 0 saturated carbocycles. The van der Waals surface area contributed by atoms with Gasteiger partial charge in [-0.1, -0.05) is 23.6 Å². The summed E-state index contributed by atoms with van der Waals surface area (Å²) in [6.45, 7) is 0.311. The molecule has 0 aliphatic rings. The Morgan fingerprint density at radius 1 is 1.35 bits per heavy atom. The van der Waals surface area contributed by atoms with Gasteiger partial charge in [0.15, 0.2) is 0 Å². The molecule has 0 atom stereocenters. The second kappa shape index (κ2) is 8.19. The van der Waals surface area contributed by atoms with E-state index in [4.69, 9.17) is 0 Å². The standard InChI is InChI=1S/C15H18N6OS/c1-20(2)13-8-6-12(7-9-13)5-4-10-16-14(22)11-23-15-17-18-19-21(15)3/h6-9H,10-11H2,1-3H3,(H,16,22). The van der Waals surface area contributed by atoms with Crippen LogP contribution in [0.1, 0.15) is 5.56 Å². The first-order chi connectivity index (χ1) is 11.1. The average Bonchev–Trinajstić information content (AvgIpc) is 2.95. The van der Waals surface area contributed by atoms with Gasteiger partial charge < -0.3 is 10.2 Å². The van der Waals surface area contributed by atoms with Gasteiger partial charge in [-0.05, 0) is 34.7 Å². The summed E-state index contributed by atoms with van der Waals surface area (Å²) in [5, 5.41) is 14.4. The van der Waals surface area contributed by atoms with Crippen molar-refractivity contribution in [2.75, 3.05) is 31.3 Å². The molecule has 0 saturated heterocycles. The number of amides is 1. The second-order valence-corrected chi connectivity index (χ2v) is 5.84. The molecule has 1 aromatic carbocycles. The van der Waals surface area contributed by atoms with Crippen LogP contribution >= 0.6 is 11.8 Å². The van der Waals surface area contributed by atoms with E-state index < -0.39 is 0 Å². The summed E-state index contributed by atoms with van der Waals surface area (Å²) in [5.74, 6) is 6.11. The Morgan fingerprint density at radius 2 is 2.09 bits per heavy atom. The van der Waals surface area contributed by atoms with Crippen LogP contribution in [0.2, 0.25) is 0 Å². The number of thioether (sulfide) groups is 1. The third-order valence-corrected chi connectivity index (χ3v) is 3.91. The summed E-state index contributed by atoms with van der Waals surface area (Å²) in [4.78, 5) is 13.7. The molecule has 0 unspecified atom stereocenters. The molecule has 1 N–H and O–H groups in total. The predicted molar refractivity (Wildman–Crippen MR) is 90.2 cm³/mol. The molecule has 1 heterocycles. The first-order valence-electron chi connectivity index (χ1n) is 6.94. The topological polar surface area (TPSA) is 75.9 Å². The van der Waals surface area contributed by atoms with Crippen molar-refractivity contribution in [2.45, 2.75) is 5.16 Å². The minimum Gasteiger partial charge on any atom is -0.378 e. The Hall–Kier alpha value is -2.53. The van der Waals surface area contributed by atoms with Gasteiger partial charge in [-0.25, -0.2) is 4.68 Å². The Balaban J connectivity index is 1.74. The molecular weight excluding hydrogens is 312 g/mol. The summed E-state index contributed by atoms with van der Waals surface area (Å²) >= 11 is 1.28. The third-order valence-electron chi connectivity index (χ3n) is 2.90. The number of rotatable bonds is 5. The van der Waals surface area contributed by atoms with E-state index in [1.54, 1.807) is 7.05 Å². The molecule has 23 heavy (non-hydrogen) atoms. The Labute approximate surface area is 139 Å². The smallest absolute Gasteiger partial charge is 0.231 e. The Bertz CT molecular complexity index is 714. The molecule has 7 nitrogen and oxygen atoms in total. The fraction of sp³-hybridized carbons (Fsp3) is 0.333. The number of aryl methyl sites for hydroxylation is 1. The van der Waals surface area contributed by atoms with Crippen LogP contribution in [0.15, 0.2) is 29.4 Å². The molecule has 0 radical (unpaired) electrons. The van der Waals surface area contributed by atoms with Crippen molar-refractivity contribution in [3.8, 4) is 11.8 Å². The number of tetrazole rings is 1. The third kappa shape index (κ3) is 5.30. The van der Waals surface area contributed by atoms with Crippen molar-refractivity contribution in [2.24, 2.45) is 7.05 Å². The number of carbonyl (C=O) groups is 1. The molecule has 2 aromatic rings. The Kier molecular flexibility index (Phi) is 6.00. The maximum Gasteiger partial charge on any atom is 0.231 e. The van der Waals surface area contributed by atoms with Crippen LogP contribution in [0.25, 0.3) is 0 Å². The Morgan fingerprint density at radius 3 is 2.70 bits per heavy atom. The van der Waals surface area contributed by atoms with E-state index in [2.05, 4.69) is 32.7 Å². The minimum absolute atomic E-state index is 0.102. The van der Waals surface area contributed by atoms with Gasteiger partial charge in [-0.15, -0.1) is 5.10 Å². The quantitative estimate of drug-likeness (QED) is 0.637. The zero-order valence-corrected chi connectivity index (χ0v) is 14.1. The molecule has 0 spiro atoms. The summed E-state index contributed by atoms with van der Waals surface area (Å²) in [6.07, 6.45) is 0. The van der Waals surface area contributed by atoms with Crippen LogP contribution in [0.5, 0.6) is 0 Å². The lowest BCUT2D eigenvalue weighted by molar-refractivity contribution is -0.118. The molecule has 1 aromatic heterocycles. The highest BCUT2D eigenvalue weighted by Gasteiger charge is 2.06. The van der Waals surface area contributed by atoms with Gasteiger partial charge >= 0.3 is 0 Å². The molecule has 120 valence electrons. The minimum atomic E-state index is -0.102. The number of aromatic nitrogens is 4. The maximum atomic E-state index is 11.7. The van der Waals surface area contributed by atoms with E-state index in [0.717, 1.165) is 11.3 Å². The van der Waals surface area contributed by atoms with Crippen LogP contribution in [0.4, 0.5) is 5.69 Å². The fourth-order valence-corrected chi connectivity index (χ4v) is 2.34. The fourth-order valence-electron chi connectivity index (χ4n) is 1.66. The van der Waals surface area contributed by atoms with E-state index in [0.29, 0.717) is 11.7 Å². The summed E-state index contributed by atoms with van der Waals surface area (Å²) in [6, 6.07) is 7.94. The van der Waals surface area contributed by atoms with Gasteiger partial charge in [0.2, 0.25) is 11.1 Å². The van der Waals surface area contributed by atoms with Gasteiger partial charge in [0.1, 0.15) is 0 Å². The van der Waals surface area contributed by atoms with Crippen molar-refractivity contribution in [3.63, 3.8) is 0 Å². The zero-order chi connectivity index (χ0) is 16.7. The lowest BCUT2D eigenvalue weighted by Gasteiger charge is -2.11. The number of nitrogens with one attached hydrogen (secondary N) is 1. The van der Waals surface area contributed by atoms with Gasteiger partial charge in [0.05, 0.1) is 12.3 Å². The number of hydrogen-bond acceptors (Lipinski definition) is 6. The van der Waals surface area contributed by atoms with E-state index in [1.165, 1.54) is 16.4 Å². The van der Waals surface area contributed by atoms with Crippen LogP contribution in [0.3, 0.4) is 0 Å².